The first-order valence-electron chi connectivity index (χ1n) is 6.74. The van der Waals surface area contributed by atoms with E-state index in [-0.39, 0.29) is 10.7 Å². The second-order valence-electron chi connectivity index (χ2n) is 4.92. The molecule has 0 spiro atoms. The van der Waals surface area contributed by atoms with Crippen molar-refractivity contribution in [3.05, 3.63) is 72.0 Å². The Labute approximate surface area is 132 Å². The standard InChI is InChI=1S/C17H12FNO3S/c18-14-7-1-4-12(10-14)11-19-15-8-2-5-13-6-3-9-16(17(13)15)23(20,21)22/h1-11H,(H,20,21,22). The predicted molar refractivity (Wildman–Crippen MR) is 87.4 cm³/mol. The average Bonchev–Trinajstić information content (AvgIpc) is 2.51. The molecular formula is C17H12FNO3S. The molecule has 116 valence electrons. The van der Waals surface area contributed by atoms with Gasteiger partial charge in [0, 0.05) is 11.6 Å². The monoisotopic (exact) mass is 329 g/mol. The van der Waals surface area contributed by atoms with E-state index in [9.17, 15) is 17.4 Å². The normalized spacial score (nSPS) is 12.1. The van der Waals surface area contributed by atoms with Crippen molar-refractivity contribution >= 4 is 32.8 Å². The molecule has 6 heteroatoms. The SMILES string of the molecule is O=S(=O)(O)c1cccc2cccc(N=Cc3cccc(F)c3)c12. The van der Waals surface area contributed by atoms with Gasteiger partial charge in [-0.05, 0) is 35.2 Å². The number of halogens is 1. The lowest BCUT2D eigenvalue weighted by atomic mass is 10.1. The van der Waals surface area contributed by atoms with Gasteiger partial charge in [-0.3, -0.25) is 9.55 Å². The summed E-state index contributed by atoms with van der Waals surface area (Å²) in [5.74, 6) is -0.384. The Kier molecular flexibility index (Phi) is 3.94. The van der Waals surface area contributed by atoms with Gasteiger partial charge in [-0.15, -0.1) is 0 Å². The summed E-state index contributed by atoms with van der Waals surface area (Å²) < 4.78 is 45.7. The maximum Gasteiger partial charge on any atom is 0.295 e. The average molecular weight is 329 g/mol. The molecule has 0 fully saturated rings. The van der Waals surface area contributed by atoms with Crippen LogP contribution in [0.3, 0.4) is 0 Å². The number of hydrogen-bond acceptors (Lipinski definition) is 3. The summed E-state index contributed by atoms with van der Waals surface area (Å²) in [4.78, 5) is 4.05. The van der Waals surface area contributed by atoms with Crippen LogP contribution < -0.4 is 0 Å². The van der Waals surface area contributed by atoms with E-state index >= 15 is 0 Å². The highest BCUT2D eigenvalue weighted by Crippen LogP contribution is 2.31. The van der Waals surface area contributed by atoms with Crippen molar-refractivity contribution in [2.45, 2.75) is 4.90 Å². The Morgan fingerprint density at radius 2 is 1.70 bits per heavy atom. The molecule has 23 heavy (non-hydrogen) atoms. The van der Waals surface area contributed by atoms with Gasteiger partial charge in [0.25, 0.3) is 10.1 Å². The van der Waals surface area contributed by atoms with E-state index < -0.39 is 10.1 Å². The summed E-state index contributed by atoms with van der Waals surface area (Å²) >= 11 is 0. The minimum Gasteiger partial charge on any atom is -0.282 e. The third-order valence-electron chi connectivity index (χ3n) is 3.32. The van der Waals surface area contributed by atoms with Gasteiger partial charge in [-0.1, -0.05) is 36.4 Å². The Bertz CT molecular complexity index is 1010. The zero-order valence-corrected chi connectivity index (χ0v) is 12.7. The van der Waals surface area contributed by atoms with E-state index in [2.05, 4.69) is 4.99 Å². The molecule has 4 nitrogen and oxygen atoms in total. The van der Waals surface area contributed by atoms with E-state index in [1.807, 2.05) is 0 Å². The van der Waals surface area contributed by atoms with Crippen LogP contribution in [0.1, 0.15) is 5.56 Å². The first-order chi connectivity index (χ1) is 10.9. The third-order valence-corrected chi connectivity index (χ3v) is 4.22. The van der Waals surface area contributed by atoms with Crippen LogP contribution in [0, 0.1) is 5.82 Å². The maximum atomic E-state index is 13.2. The number of fused-ring (bicyclic) bond motifs is 1. The molecule has 1 N–H and O–H groups in total. The fourth-order valence-corrected chi connectivity index (χ4v) is 3.07. The van der Waals surface area contributed by atoms with Crippen LogP contribution in [-0.4, -0.2) is 19.2 Å². The van der Waals surface area contributed by atoms with Gasteiger partial charge < -0.3 is 0 Å². The predicted octanol–water partition coefficient (Wildman–Crippen LogP) is 3.98. The molecule has 0 radical (unpaired) electrons. The molecule has 3 aromatic carbocycles. The van der Waals surface area contributed by atoms with E-state index in [4.69, 9.17) is 0 Å². The molecular weight excluding hydrogens is 317 g/mol. The highest BCUT2D eigenvalue weighted by Gasteiger charge is 2.15. The lowest BCUT2D eigenvalue weighted by molar-refractivity contribution is 0.484. The second kappa shape index (κ2) is 5.91. The summed E-state index contributed by atoms with van der Waals surface area (Å²) in [5.41, 5.74) is 0.923. The van der Waals surface area contributed by atoms with Gasteiger partial charge in [-0.2, -0.15) is 8.42 Å². The molecule has 0 saturated heterocycles. The van der Waals surface area contributed by atoms with Crippen molar-refractivity contribution in [1.29, 1.82) is 0 Å². The van der Waals surface area contributed by atoms with Crippen molar-refractivity contribution in [2.75, 3.05) is 0 Å². The summed E-state index contributed by atoms with van der Waals surface area (Å²) in [6, 6.07) is 15.6. The van der Waals surface area contributed by atoms with Gasteiger partial charge >= 0.3 is 0 Å². The minimum atomic E-state index is -4.38. The van der Waals surface area contributed by atoms with Gasteiger partial charge in [0.2, 0.25) is 0 Å². The lowest BCUT2D eigenvalue weighted by Crippen LogP contribution is -1.99. The Balaban J connectivity index is 2.18. The summed E-state index contributed by atoms with van der Waals surface area (Å²) in [5, 5.41) is 0.958. The van der Waals surface area contributed by atoms with Crippen LogP contribution in [0.15, 0.2) is 70.6 Å². The molecule has 0 aliphatic rings. The highest BCUT2D eigenvalue weighted by molar-refractivity contribution is 7.86. The molecule has 0 aromatic heterocycles. The molecule has 3 rings (SSSR count). The van der Waals surface area contributed by atoms with Gasteiger partial charge in [0.1, 0.15) is 10.7 Å². The van der Waals surface area contributed by atoms with Crippen LogP contribution in [0.2, 0.25) is 0 Å². The van der Waals surface area contributed by atoms with Crippen LogP contribution >= 0.6 is 0 Å². The third kappa shape index (κ3) is 3.28. The van der Waals surface area contributed by atoms with Crippen molar-refractivity contribution in [1.82, 2.24) is 0 Å². The summed E-state index contributed by atoms with van der Waals surface area (Å²) in [6.45, 7) is 0. The fraction of sp³-hybridized carbons (Fsp3) is 0. The Hall–Kier alpha value is -2.57. The van der Waals surface area contributed by atoms with Crippen LogP contribution in [0.5, 0.6) is 0 Å². The van der Waals surface area contributed by atoms with Crippen LogP contribution in [0.4, 0.5) is 10.1 Å². The first-order valence-corrected chi connectivity index (χ1v) is 8.18. The minimum absolute atomic E-state index is 0.206. The van der Waals surface area contributed by atoms with E-state index in [1.54, 1.807) is 42.5 Å². The van der Waals surface area contributed by atoms with Crippen LogP contribution in [-0.2, 0) is 10.1 Å². The fourth-order valence-electron chi connectivity index (χ4n) is 2.34. The first kappa shape index (κ1) is 15.3. The molecule has 0 amide bonds. The Morgan fingerprint density at radius 3 is 2.39 bits per heavy atom. The lowest BCUT2D eigenvalue weighted by Gasteiger charge is -2.06. The molecule has 0 atom stereocenters. The topological polar surface area (TPSA) is 66.7 Å². The zero-order chi connectivity index (χ0) is 16.4. The largest absolute Gasteiger partial charge is 0.295 e. The maximum absolute atomic E-state index is 13.2. The summed E-state index contributed by atoms with van der Waals surface area (Å²) in [6.07, 6.45) is 1.44. The summed E-state index contributed by atoms with van der Waals surface area (Å²) in [7, 11) is -4.38. The molecule has 3 aromatic rings. The van der Waals surface area contributed by atoms with Crippen molar-refractivity contribution < 1.29 is 17.4 Å². The molecule has 0 bridgehead atoms. The highest BCUT2D eigenvalue weighted by atomic mass is 32.2. The molecule has 0 saturated carbocycles. The van der Waals surface area contributed by atoms with E-state index in [0.717, 1.165) is 0 Å². The number of hydrogen-bond donors (Lipinski definition) is 1. The van der Waals surface area contributed by atoms with Crippen molar-refractivity contribution in [3.8, 4) is 0 Å². The number of benzene rings is 3. The second-order valence-corrected chi connectivity index (χ2v) is 6.31. The number of nitrogens with zero attached hydrogens (tertiary/aromatic N) is 1. The zero-order valence-electron chi connectivity index (χ0n) is 11.8. The number of rotatable bonds is 3. The van der Waals surface area contributed by atoms with Gasteiger partial charge in [-0.25, -0.2) is 4.39 Å². The van der Waals surface area contributed by atoms with E-state index in [1.165, 1.54) is 24.4 Å². The van der Waals surface area contributed by atoms with Gasteiger partial charge in [0.05, 0.1) is 5.69 Å². The van der Waals surface area contributed by atoms with E-state index in [0.29, 0.717) is 22.0 Å². The van der Waals surface area contributed by atoms with Crippen molar-refractivity contribution in [3.63, 3.8) is 0 Å². The van der Waals surface area contributed by atoms with Crippen molar-refractivity contribution in [2.24, 2.45) is 4.99 Å². The smallest absolute Gasteiger partial charge is 0.282 e. The molecule has 0 aliphatic heterocycles. The van der Waals surface area contributed by atoms with Crippen LogP contribution in [0.25, 0.3) is 10.8 Å². The Morgan fingerprint density at radius 1 is 1.00 bits per heavy atom. The molecule has 0 unspecified atom stereocenters. The molecule has 0 aliphatic carbocycles. The van der Waals surface area contributed by atoms with Gasteiger partial charge in [0.15, 0.2) is 0 Å². The molecule has 0 heterocycles. The quantitative estimate of drug-likeness (QED) is 0.584. The number of aliphatic imine (C=N–C) groups is 1.